The minimum absolute atomic E-state index is 0.279. The Balaban J connectivity index is 2.62. The number of halogens is 1. The number of rotatable bonds is 12. The molecule has 0 atom stereocenters. The summed E-state index contributed by atoms with van der Waals surface area (Å²) >= 11 is 8.03. The third-order valence-corrected chi connectivity index (χ3v) is 5.98. The van der Waals surface area contributed by atoms with Crippen LogP contribution in [0.25, 0.3) is 0 Å². The van der Waals surface area contributed by atoms with Crippen molar-refractivity contribution in [1.29, 1.82) is 0 Å². The van der Waals surface area contributed by atoms with E-state index in [1.165, 1.54) is 0 Å². The minimum Gasteiger partial charge on any atom is -0.478 e. The number of ether oxygens (including phenoxy) is 1. The molecule has 0 fully saturated rings. The van der Waals surface area contributed by atoms with E-state index in [-0.39, 0.29) is 5.56 Å². The van der Waals surface area contributed by atoms with E-state index in [1.54, 1.807) is 23.9 Å². The van der Waals surface area contributed by atoms with Gasteiger partial charge in [-0.2, -0.15) is 0 Å². The number of hydrogen-bond donors (Lipinski definition) is 1. The van der Waals surface area contributed by atoms with Gasteiger partial charge in [0.15, 0.2) is 5.75 Å². The van der Waals surface area contributed by atoms with Crippen LogP contribution < -0.4 is 9.64 Å². The highest BCUT2D eigenvalue weighted by Gasteiger charge is 2.21. The molecule has 1 N–H and O–H groups in total. The predicted molar refractivity (Wildman–Crippen MR) is 128 cm³/mol. The summed E-state index contributed by atoms with van der Waals surface area (Å²) in [6.45, 7) is 10.1. The maximum atomic E-state index is 11.8. The van der Waals surface area contributed by atoms with Gasteiger partial charge in [-0.05, 0) is 55.3 Å². The van der Waals surface area contributed by atoms with Gasteiger partial charge in [-0.25, -0.2) is 4.79 Å². The van der Waals surface area contributed by atoms with E-state index in [4.69, 9.17) is 16.3 Å². The summed E-state index contributed by atoms with van der Waals surface area (Å²) in [5.41, 5.74) is 2.16. The zero-order valence-electron chi connectivity index (χ0n) is 18.3. The zero-order valence-corrected chi connectivity index (χ0v) is 19.9. The van der Waals surface area contributed by atoms with E-state index in [0.29, 0.717) is 16.5 Å². The van der Waals surface area contributed by atoms with Crippen molar-refractivity contribution in [3.05, 3.63) is 46.5 Å². The monoisotopic (exact) mass is 449 g/mol. The number of hydrogen-bond acceptors (Lipinski definition) is 4. The van der Waals surface area contributed by atoms with Crippen LogP contribution in [-0.4, -0.2) is 29.9 Å². The number of benzene rings is 2. The number of carbonyl (C=O) groups is 1. The summed E-state index contributed by atoms with van der Waals surface area (Å²) in [5, 5.41) is 10.2. The fourth-order valence-corrected chi connectivity index (χ4v) is 4.23. The second-order valence-corrected chi connectivity index (χ2v) is 9.00. The number of nitrogens with zero attached hydrogens (tertiary/aromatic N) is 1. The molecule has 6 heteroatoms. The van der Waals surface area contributed by atoms with Gasteiger partial charge in [0.2, 0.25) is 0 Å². The van der Waals surface area contributed by atoms with Crippen LogP contribution in [-0.2, 0) is 0 Å². The molecular weight excluding hydrogens is 418 g/mol. The van der Waals surface area contributed by atoms with Crippen LogP contribution >= 0.6 is 23.4 Å². The first-order valence-electron chi connectivity index (χ1n) is 10.6. The first kappa shape index (κ1) is 24.4. The summed E-state index contributed by atoms with van der Waals surface area (Å²) in [4.78, 5) is 14.9. The summed E-state index contributed by atoms with van der Waals surface area (Å²) in [6.07, 6.45) is 4.19. The third kappa shape index (κ3) is 6.58. The van der Waals surface area contributed by atoms with E-state index >= 15 is 0 Å². The Kier molecular flexibility index (Phi) is 9.86. The fraction of sp³-hybridized carbons (Fsp3) is 0.458. The molecule has 0 amide bonds. The van der Waals surface area contributed by atoms with Gasteiger partial charge in [-0.15, -0.1) is 11.8 Å². The third-order valence-electron chi connectivity index (χ3n) is 4.79. The molecule has 0 aromatic heterocycles. The van der Waals surface area contributed by atoms with Gasteiger partial charge in [-0.3, -0.25) is 0 Å². The molecule has 30 heavy (non-hydrogen) atoms. The number of carboxylic acids is 1. The van der Waals surface area contributed by atoms with Gasteiger partial charge in [0.1, 0.15) is 5.75 Å². The molecule has 0 bridgehead atoms. The molecule has 2 rings (SSSR count). The van der Waals surface area contributed by atoms with Crippen LogP contribution in [0.5, 0.6) is 11.5 Å². The second-order valence-electron chi connectivity index (χ2n) is 7.29. The topological polar surface area (TPSA) is 49.8 Å². The molecule has 0 saturated heterocycles. The lowest BCUT2D eigenvalue weighted by Gasteiger charge is -2.28. The number of aryl methyl sites for hydroxylation is 1. The standard InChI is InChI=1S/C24H32ClNO3S/c1-5-8-12-26(13-9-6-2)20-15-18(24(27)28)16-22(30-7-3)23(20)29-21-11-10-17(4)14-19(21)25/h10-11,14-16H,5-9,12-13H2,1-4H3,(H,27,28). The Hall–Kier alpha value is -1.85. The van der Waals surface area contributed by atoms with Crippen molar-refractivity contribution in [2.75, 3.05) is 23.7 Å². The highest BCUT2D eigenvalue weighted by atomic mass is 35.5. The summed E-state index contributed by atoms with van der Waals surface area (Å²) in [5.74, 6) is 1.14. The summed E-state index contributed by atoms with van der Waals surface area (Å²) in [6, 6.07) is 9.15. The molecule has 0 spiro atoms. The molecule has 0 saturated carbocycles. The van der Waals surface area contributed by atoms with Crippen molar-refractivity contribution in [3.8, 4) is 11.5 Å². The van der Waals surface area contributed by atoms with Gasteiger partial charge >= 0.3 is 5.97 Å². The Morgan fingerprint density at radius 1 is 1.10 bits per heavy atom. The second kappa shape index (κ2) is 12.1. The average Bonchev–Trinajstić information content (AvgIpc) is 2.71. The van der Waals surface area contributed by atoms with Crippen LogP contribution in [0.4, 0.5) is 5.69 Å². The molecule has 0 unspecified atom stereocenters. The van der Waals surface area contributed by atoms with Crippen molar-refractivity contribution >= 4 is 35.0 Å². The van der Waals surface area contributed by atoms with Crippen molar-refractivity contribution in [1.82, 2.24) is 0 Å². The molecule has 0 heterocycles. The lowest BCUT2D eigenvalue weighted by molar-refractivity contribution is 0.0696. The van der Waals surface area contributed by atoms with Gasteiger partial charge in [0, 0.05) is 13.1 Å². The molecule has 0 aliphatic rings. The van der Waals surface area contributed by atoms with Crippen LogP contribution in [0.3, 0.4) is 0 Å². The van der Waals surface area contributed by atoms with E-state index in [0.717, 1.165) is 60.7 Å². The van der Waals surface area contributed by atoms with Crippen molar-refractivity contribution in [2.45, 2.75) is 58.3 Å². The zero-order chi connectivity index (χ0) is 22.1. The highest BCUT2D eigenvalue weighted by molar-refractivity contribution is 7.99. The molecule has 2 aromatic carbocycles. The van der Waals surface area contributed by atoms with Crippen molar-refractivity contribution in [2.24, 2.45) is 0 Å². The Morgan fingerprint density at radius 2 is 1.77 bits per heavy atom. The molecule has 2 aromatic rings. The minimum atomic E-state index is -0.931. The first-order valence-corrected chi connectivity index (χ1v) is 12.0. The van der Waals surface area contributed by atoms with Gasteiger partial charge in [0.25, 0.3) is 0 Å². The van der Waals surface area contributed by atoms with Crippen LogP contribution in [0.1, 0.15) is 62.4 Å². The number of aromatic carboxylic acids is 1. The Morgan fingerprint density at radius 3 is 2.30 bits per heavy atom. The normalized spacial score (nSPS) is 10.8. The molecule has 164 valence electrons. The van der Waals surface area contributed by atoms with Crippen molar-refractivity contribution in [3.63, 3.8) is 0 Å². The summed E-state index contributed by atoms with van der Waals surface area (Å²) in [7, 11) is 0. The van der Waals surface area contributed by atoms with Crippen LogP contribution in [0.15, 0.2) is 35.2 Å². The quantitative estimate of drug-likeness (QED) is 0.337. The van der Waals surface area contributed by atoms with E-state index in [1.807, 2.05) is 32.0 Å². The smallest absolute Gasteiger partial charge is 0.335 e. The van der Waals surface area contributed by atoms with E-state index in [9.17, 15) is 9.90 Å². The Labute approximate surface area is 189 Å². The van der Waals surface area contributed by atoms with Crippen LogP contribution in [0, 0.1) is 6.92 Å². The number of thioether (sulfide) groups is 1. The lowest BCUT2D eigenvalue weighted by Crippen LogP contribution is -2.26. The predicted octanol–water partition coefficient (Wildman–Crippen LogP) is 7.66. The SMILES string of the molecule is CCCCN(CCCC)c1cc(C(=O)O)cc(SCC)c1Oc1ccc(C)cc1Cl. The molecule has 0 aliphatic heterocycles. The van der Waals surface area contributed by atoms with Gasteiger partial charge < -0.3 is 14.7 Å². The lowest BCUT2D eigenvalue weighted by atomic mass is 10.1. The maximum Gasteiger partial charge on any atom is 0.335 e. The molecular formula is C24H32ClNO3S. The van der Waals surface area contributed by atoms with E-state index < -0.39 is 5.97 Å². The maximum absolute atomic E-state index is 11.8. The van der Waals surface area contributed by atoms with Crippen LogP contribution in [0.2, 0.25) is 5.02 Å². The first-order chi connectivity index (χ1) is 14.4. The number of unbranched alkanes of at least 4 members (excludes halogenated alkanes) is 2. The highest BCUT2D eigenvalue weighted by Crippen LogP contribution is 2.44. The van der Waals surface area contributed by atoms with Gasteiger partial charge in [0.05, 0.1) is 21.2 Å². The largest absolute Gasteiger partial charge is 0.478 e. The van der Waals surface area contributed by atoms with E-state index in [2.05, 4.69) is 18.7 Å². The molecule has 0 radical (unpaired) electrons. The average molecular weight is 450 g/mol. The number of anilines is 1. The Bertz CT molecular complexity index is 849. The fourth-order valence-electron chi connectivity index (χ4n) is 3.16. The van der Waals surface area contributed by atoms with Crippen molar-refractivity contribution < 1.29 is 14.6 Å². The number of carboxylic acid groups (broad SMARTS) is 1. The molecule has 4 nitrogen and oxygen atoms in total. The molecule has 0 aliphatic carbocycles. The summed E-state index contributed by atoms with van der Waals surface area (Å²) < 4.78 is 6.37. The van der Waals surface area contributed by atoms with Gasteiger partial charge in [-0.1, -0.05) is 51.3 Å².